The first-order chi connectivity index (χ1) is 12.5. The third-order valence-electron chi connectivity index (χ3n) is 4.11. The molecule has 0 aromatic carbocycles. The number of rotatable bonds is 6. The van der Waals surface area contributed by atoms with E-state index in [1.165, 1.54) is 10.9 Å². The molecule has 2 saturated heterocycles. The molecule has 1 aromatic heterocycles. The number of nitrogen functional groups attached to an aromatic ring is 1. The number of carbonyl (C=O) groups excluding carboxylic acids is 1. The summed E-state index contributed by atoms with van der Waals surface area (Å²) in [6.07, 6.45) is -1.68. The van der Waals surface area contributed by atoms with Crippen molar-refractivity contribution in [3.05, 3.63) is 12.0 Å². The number of nitrogens with zero attached hydrogens (tertiary/aromatic N) is 2. The van der Waals surface area contributed by atoms with Gasteiger partial charge in [-0.05, 0) is 20.8 Å². The number of ether oxygens (including phenoxy) is 4. The Morgan fingerprint density at radius 3 is 2.70 bits per heavy atom. The molecule has 2 aliphatic rings. The smallest absolute Gasteiger partial charge is 0.461 e. The number of anilines is 1. The number of aromatic nitrogens is 2. The third-order valence-corrected chi connectivity index (χ3v) is 4.59. The highest BCUT2D eigenvalue weighted by atomic mass is 31.2. The maximum atomic E-state index is 11.9. The van der Waals surface area contributed by atoms with Gasteiger partial charge in [-0.15, -0.1) is 0 Å². The van der Waals surface area contributed by atoms with Crippen LogP contribution in [-0.4, -0.2) is 62.6 Å². The van der Waals surface area contributed by atoms with Gasteiger partial charge in [0.05, 0.1) is 19.5 Å². The van der Waals surface area contributed by atoms with E-state index in [1.54, 1.807) is 20.8 Å². The van der Waals surface area contributed by atoms with Crippen LogP contribution < -0.4 is 5.73 Å². The maximum Gasteiger partial charge on any atom is 0.469 e. The van der Waals surface area contributed by atoms with E-state index in [2.05, 4.69) is 9.51 Å². The predicted molar refractivity (Wildman–Crippen MR) is 88.3 cm³/mol. The molecule has 0 spiro atoms. The molecule has 0 amide bonds. The molecule has 0 radical (unpaired) electrons. The van der Waals surface area contributed by atoms with Crippen LogP contribution in [0.4, 0.5) is 5.82 Å². The van der Waals surface area contributed by atoms with E-state index in [0.717, 1.165) is 0 Å². The molecule has 13 heteroatoms. The number of imidazole rings is 1. The van der Waals surface area contributed by atoms with Gasteiger partial charge < -0.3 is 34.5 Å². The summed E-state index contributed by atoms with van der Waals surface area (Å²) in [6, 6.07) is 0. The zero-order valence-electron chi connectivity index (χ0n) is 15.0. The molecule has 4 N–H and O–H groups in total. The number of fused-ring (bicyclic) bond motifs is 1. The highest BCUT2D eigenvalue weighted by Gasteiger charge is 2.56. The fourth-order valence-electron chi connectivity index (χ4n) is 3.12. The van der Waals surface area contributed by atoms with E-state index in [1.807, 2.05) is 0 Å². The number of nitrogens with two attached hydrogens (primary N) is 1. The summed E-state index contributed by atoms with van der Waals surface area (Å²) in [4.78, 5) is 33.8. The standard InChI is InChI=1S/C14H22N3O9P/c1-4-22-13(18)8-11(15)17(6-16-8)12-10-9(25-14(2,3)26-10)7(24-12)5-23-27(19,20)21/h6-7,9-10,12H,4-5,15H2,1-3H3,(H2,19,20,21)/t7-,9-,10-,12+/m1/s1. The summed E-state index contributed by atoms with van der Waals surface area (Å²) in [5.41, 5.74) is 5.96. The largest absolute Gasteiger partial charge is 0.469 e. The topological polar surface area (TPSA) is 165 Å². The molecule has 2 fully saturated rings. The molecule has 4 atom stereocenters. The number of hydrogen-bond acceptors (Lipinski definition) is 9. The molecule has 0 aliphatic carbocycles. The summed E-state index contributed by atoms with van der Waals surface area (Å²) in [5.74, 6) is -1.60. The second-order valence-electron chi connectivity index (χ2n) is 6.52. The Hall–Kier alpha value is -1.53. The van der Waals surface area contributed by atoms with Crippen molar-refractivity contribution in [2.24, 2.45) is 0 Å². The minimum atomic E-state index is -4.69. The summed E-state index contributed by atoms with van der Waals surface area (Å²) < 4.78 is 39.3. The maximum absolute atomic E-state index is 11.9. The van der Waals surface area contributed by atoms with Gasteiger partial charge in [-0.1, -0.05) is 0 Å². The normalized spacial score (nSPS) is 29.7. The number of phosphoric ester groups is 1. The van der Waals surface area contributed by atoms with Crippen molar-refractivity contribution in [3.63, 3.8) is 0 Å². The summed E-state index contributed by atoms with van der Waals surface area (Å²) in [6.45, 7) is 4.81. The fraction of sp³-hybridized carbons (Fsp3) is 0.714. The minimum absolute atomic E-state index is 0.0158. The number of hydrogen-bond donors (Lipinski definition) is 3. The summed E-state index contributed by atoms with van der Waals surface area (Å²) in [7, 11) is -4.69. The van der Waals surface area contributed by atoms with Gasteiger partial charge in [0.1, 0.15) is 24.1 Å². The van der Waals surface area contributed by atoms with Gasteiger partial charge in [0.25, 0.3) is 0 Å². The second-order valence-corrected chi connectivity index (χ2v) is 7.76. The Morgan fingerprint density at radius 1 is 1.41 bits per heavy atom. The average Bonchev–Trinajstić information content (AvgIpc) is 3.16. The summed E-state index contributed by atoms with van der Waals surface area (Å²) in [5, 5.41) is 0. The Labute approximate surface area is 154 Å². The van der Waals surface area contributed by atoms with Crippen molar-refractivity contribution < 1.29 is 42.6 Å². The molecule has 27 heavy (non-hydrogen) atoms. The van der Waals surface area contributed by atoms with Crippen molar-refractivity contribution in [1.29, 1.82) is 0 Å². The lowest BCUT2D eigenvalue weighted by molar-refractivity contribution is -0.199. The molecular formula is C14H22N3O9P. The highest BCUT2D eigenvalue weighted by molar-refractivity contribution is 7.46. The number of carbonyl (C=O) groups is 1. The molecule has 152 valence electrons. The predicted octanol–water partition coefficient (Wildman–Crippen LogP) is 0.169. The average molecular weight is 407 g/mol. The van der Waals surface area contributed by atoms with Crippen molar-refractivity contribution >= 4 is 19.6 Å². The molecule has 3 rings (SSSR count). The second kappa shape index (κ2) is 7.13. The molecule has 0 saturated carbocycles. The zero-order chi connectivity index (χ0) is 20.0. The van der Waals surface area contributed by atoms with Crippen molar-refractivity contribution in [3.8, 4) is 0 Å². The van der Waals surface area contributed by atoms with Crippen LogP contribution in [0.25, 0.3) is 0 Å². The van der Waals surface area contributed by atoms with Crippen LogP contribution in [0.3, 0.4) is 0 Å². The molecule has 12 nitrogen and oxygen atoms in total. The molecular weight excluding hydrogens is 385 g/mol. The van der Waals surface area contributed by atoms with Crippen LogP contribution in [0.2, 0.25) is 0 Å². The SMILES string of the molecule is CCOC(=O)c1ncn([C@H]2O[C@H](COP(=O)(O)O)[C@H]3OC(C)(C)O[C@H]32)c1N. The molecule has 1 aromatic rings. The molecule has 0 unspecified atom stereocenters. The van der Waals surface area contributed by atoms with E-state index in [-0.39, 0.29) is 18.1 Å². The lowest BCUT2D eigenvalue weighted by atomic mass is 10.1. The van der Waals surface area contributed by atoms with Crippen LogP contribution in [0.1, 0.15) is 37.5 Å². The van der Waals surface area contributed by atoms with Gasteiger partial charge in [-0.2, -0.15) is 0 Å². The van der Waals surface area contributed by atoms with Gasteiger partial charge in [-0.25, -0.2) is 14.3 Å². The van der Waals surface area contributed by atoms with Gasteiger partial charge in [-0.3, -0.25) is 9.09 Å². The van der Waals surface area contributed by atoms with E-state index in [9.17, 15) is 9.36 Å². The van der Waals surface area contributed by atoms with Gasteiger partial charge in [0, 0.05) is 0 Å². The number of esters is 1. The van der Waals surface area contributed by atoms with Crippen molar-refractivity contribution in [2.45, 2.75) is 51.1 Å². The van der Waals surface area contributed by atoms with E-state index in [0.29, 0.717) is 0 Å². The highest BCUT2D eigenvalue weighted by Crippen LogP contribution is 2.45. The molecule has 3 heterocycles. The van der Waals surface area contributed by atoms with Crippen LogP contribution in [0.15, 0.2) is 6.33 Å². The van der Waals surface area contributed by atoms with E-state index in [4.69, 9.17) is 34.5 Å². The first-order valence-electron chi connectivity index (χ1n) is 8.23. The van der Waals surface area contributed by atoms with Crippen LogP contribution in [0.5, 0.6) is 0 Å². The van der Waals surface area contributed by atoms with Crippen LogP contribution in [-0.2, 0) is 28.0 Å². The lowest BCUT2D eigenvalue weighted by Crippen LogP contribution is -2.32. The molecule has 0 bridgehead atoms. The molecule has 2 aliphatic heterocycles. The lowest BCUT2D eigenvalue weighted by Gasteiger charge is -2.25. The van der Waals surface area contributed by atoms with Gasteiger partial charge in [0.2, 0.25) is 0 Å². The zero-order valence-corrected chi connectivity index (χ0v) is 15.9. The van der Waals surface area contributed by atoms with Gasteiger partial charge in [0.15, 0.2) is 17.7 Å². The van der Waals surface area contributed by atoms with E-state index < -0.39 is 50.7 Å². The Balaban J connectivity index is 1.85. The quantitative estimate of drug-likeness (QED) is 0.435. The summed E-state index contributed by atoms with van der Waals surface area (Å²) >= 11 is 0. The first-order valence-corrected chi connectivity index (χ1v) is 9.76. The third kappa shape index (κ3) is 4.16. The first kappa shape index (κ1) is 20.2. The fourth-order valence-corrected chi connectivity index (χ4v) is 3.46. The Bertz CT molecular complexity index is 761. The Kier molecular flexibility index (Phi) is 5.34. The number of phosphoric acid groups is 1. The van der Waals surface area contributed by atoms with E-state index >= 15 is 0 Å². The van der Waals surface area contributed by atoms with Crippen molar-refractivity contribution in [2.75, 3.05) is 18.9 Å². The minimum Gasteiger partial charge on any atom is -0.461 e. The van der Waals surface area contributed by atoms with Gasteiger partial charge >= 0.3 is 13.8 Å². The van der Waals surface area contributed by atoms with Crippen LogP contribution in [0, 0.1) is 0 Å². The monoisotopic (exact) mass is 407 g/mol. The van der Waals surface area contributed by atoms with Crippen molar-refractivity contribution in [1.82, 2.24) is 9.55 Å². The van der Waals surface area contributed by atoms with Crippen LogP contribution >= 0.6 is 7.82 Å². The Morgan fingerprint density at radius 2 is 2.07 bits per heavy atom.